The molecule has 0 saturated heterocycles. The number of likely N-dealkylation sites (N-methyl/N-ethyl adjacent to an activating group) is 1. The van der Waals surface area contributed by atoms with Crippen molar-refractivity contribution in [2.75, 3.05) is 31.3 Å². The molecule has 0 aliphatic carbocycles. The molecule has 0 aliphatic heterocycles. The minimum atomic E-state index is -3.82. The second kappa shape index (κ2) is 12.3. The number of amides is 2. The van der Waals surface area contributed by atoms with Crippen LogP contribution in [0.4, 0.5) is 5.69 Å². The van der Waals surface area contributed by atoms with E-state index in [-0.39, 0.29) is 12.5 Å². The lowest BCUT2D eigenvalue weighted by Gasteiger charge is -2.31. The Hall–Kier alpha value is -4.05. The zero-order chi connectivity index (χ0) is 27.0. The fourth-order valence-electron chi connectivity index (χ4n) is 3.64. The van der Waals surface area contributed by atoms with Gasteiger partial charge in [0, 0.05) is 13.6 Å². The Morgan fingerprint density at radius 3 is 2.00 bits per heavy atom. The molecule has 1 unspecified atom stereocenters. The molecule has 0 fully saturated rings. The molecule has 2 amide bonds. The van der Waals surface area contributed by atoms with Crippen LogP contribution >= 0.6 is 0 Å². The summed E-state index contributed by atoms with van der Waals surface area (Å²) in [5.74, 6) is 0.924. The summed E-state index contributed by atoms with van der Waals surface area (Å²) in [7, 11) is -0.787. The summed E-state index contributed by atoms with van der Waals surface area (Å²) in [6, 6.07) is 21.8. The zero-order valence-electron chi connectivity index (χ0n) is 21.2. The van der Waals surface area contributed by atoms with E-state index < -0.39 is 28.5 Å². The van der Waals surface area contributed by atoms with Crippen LogP contribution in [0.15, 0.2) is 78.9 Å². The molecule has 0 bridgehead atoms. The third-order valence-electron chi connectivity index (χ3n) is 5.71. The van der Waals surface area contributed by atoms with Gasteiger partial charge in [-0.3, -0.25) is 13.9 Å². The van der Waals surface area contributed by atoms with Gasteiger partial charge in [-0.25, -0.2) is 8.42 Å². The molecule has 37 heavy (non-hydrogen) atoms. The van der Waals surface area contributed by atoms with E-state index in [0.717, 1.165) is 16.1 Å². The first kappa shape index (κ1) is 27.5. The standard InChI is InChI=1S/C27H31N3O6S/c1-20(27(32)28-2)29(18-21-10-14-23(35-3)15-11-21)26(31)19-30(37(4,33)34)22-12-16-25(17-13-22)36-24-8-6-5-7-9-24/h5-17,20H,18-19H2,1-4H3,(H,28,32). The number of nitrogens with one attached hydrogen (secondary N) is 1. The predicted molar refractivity (Wildman–Crippen MR) is 142 cm³/mol. The molecule has 1 atom stereocenters. The van der Waals surface area contributed by atoms with Crippen LogP contribution in [0.25, 0.3) is 0 Å². The van der Waals surface area contributed by atoms with Crippen molar-refractivity contribution in [1.29, 1.82) is 0 Å². The number of hydrogen-bond acceptors (Lipinski definition) is 6. The Kier molecular flexibility index (Phi) is 9.13. The van der Waals surface area contributed by atoms with Crippen LogP contribution in [-0.2, 0) is 26.2 Å². The van der Waals surface area contributed by atoms with E-state index in [4.69, 9.17) is 9.47 Å². The molecule has 0 aromatic heterocycles. The summed E-state index contributed by atoms with van der Waals surface area (Å²) >= 11 is 0. The maximum Gasteiger partial charge on any atom is 0.244 e. The van der Waals surface area contributed by atoms with Crippen LogP contribution in [0.1, 0.15) is 12.5 Å². The zero-order valence-corrected chi connectivity index (χ0v) is 22.1. The van der Waals surface area contributed by atoms with Crippen molar-refractivity contribution < 1.29 is 27.5 Å². The van der Waals surface area contributed by atoms with Crippen LogP contribution in [0.3, 0.4) is 0 Å². The summed E-state index contributed by atoms with van der Waals surface area (Å²) in [4.78, 5) is 27.2. The van der Waals surface area contributed by atoms with Gasteiger partial charge in [0.2, 0.25) is 21.8 Å². The summed E-state index contributed by atoms with van der Waals surface area (Å²) < 4.78 is 37.3. The van der Waals surface area contributed by atoms with E-state index in [1.165, 1.54) is 11.9 Å². The summed E-state index contributed by atoms with van der Waals surface area (Å²) in [6.45, 7) is 1.23. The largest absolute Gasteiger partial charge is 0.497 e. The Morgan fingerprint density at radius 1 is 0.892 bits per heavy atom. The Balaban J connectivity index is 1.84. The lowest BCUT2D eigenvalue weighted by molar-refractivity contribution is -0.139. The maximum atomic E-state index is 13.5. The van der Waals surface area contributed by atoms with Gasteiger partial charge in [0.15, 0.2) is 0 Å². The Labute approximate surface area is 217 Å². The average Bonchev–Trinajstić information content (AvgIpc) is 2.90. The van der Waals surface area contributed by atoms with E-state index in [1.54, 1.807) is 74.7 Å². The molecule has 0 radical (unpaired) electrons. The summed E-state index contributed by atoms with van der Waals surface area (Å²) in [5.41, 5.74) is 1.06. The number of para-hydroxylation sites is 1. The molecule has 9 nitrogen and oxygen atoms in total. The molecule has 3 rings (SSSR count). The molecule has 1 N–H and O–H groups in total. The van der Waals surface area contributed by atoms with Gasteiger partial charge < -0.3 is 19.7 Å². The minimum Gasteiger partial charge on any atom is -0.497 e. The Bertz CT molecular complexity index is 1300. The van der Waals surface area contributed by atoms with Gasteiger partial charge in [-0.15, -0.1) is 0 Å². The number of ether oxygens (including phenoxy) is 2. The van der Waals surface area contributed by atoms with Crippen LogP contribution < -0.4 is 19.1 Å². The first-order valence-corrected chi connectivity index (χ1v) is 13.4. The predicted octanol–water partition coefficient (Wildman–Crippen LogP) is 3.42. The molecule has 0 heterocycles. The molecule has 196 valence electrons. The highest BCUT2D eigenvalue weighted by molar-refractivity contribution is 7.92. The topological polar surface area (TPSA) is 105 Å². The Morgan fingerprint density at radius 2 is 1.46 bits per heavy atom. The van der Waals surface area contributed by atoms with Crippen molar-refractivity contribution in [1.82, 2.24) is 10.2 Å². The average molecular weight is 526 g/mol. The van der Waals surface area contributed by atoms with Gasteiger partial charge in [0.1, 0.15) is 29.8 Å². The highest BCUT2D eigenvalue weighted by Gasteiger charge is 2.29. The van der Waals surface area contributed by atoms with Gasteiger partial charge in [-0.2, -0.15) is 0 Å². The molecular weight excluding hydrogens is 494 g/mol. The van der Waals surface area contributed by atoms with E-state index in [0.29, 0.717) is 22.9 Å². The number of carbonyl (C=O) groups excluding carboxylic acids is 2. The van der Waals surface area contributed by atoms with Crippen LogP contribution in [0.2, 0.25) is 0 Å². The minimum absolute atomic E-state index is 0.110. The van der Waals surface area contributed by atoms with E-state index in [1.807, 2.05) is 18.2 Å². The van der Waals surface area contributed by atoms with Crippen molar-refractivity contribution in [3.8, 4) is 17.2 Å². The second-order valence-electron chi connectivity index (χ2n) is 8.34. The van der Waals surface area contributed by atoms with Crippen molar-refractivity contribution >= 4 is 27.5 Å². The van der Waals surface area contributed by atoms with Gasteiger partial charge in [-0.1, -0.05) is 30.3 Å². The molecule has 0 aliphatic rings. The van der Waals surface area contributed by atoms with Crippen LogP contribution in [0.5, 0.6) is 17.2 Å². The van der Waals surface area contributed by atoms with Crippen molar-refractivity contribution in [2.24, 2.45) is 0 Å². The number of nitrogens with zero attached hydrogens (tertiary/aromatic N) is 2. The molecule has 10 heteroatoms. The van der Waals surface area contributed by atoms with Gasteiger partial charge in [0.05, 0.1) is 19.1 Å². The monoisotopic (exact) mass is 525 g/mol. The molecule has 0 spiro atoms. The molecular formula is C27H31N3O6S. The van der Waals surface area contributed by atoms with Gasteiger partial charge >= 0.3 is 0 Å². The third-order valence-corrected chi connectivity index (χ3v) is 6.85. The fourth-order valence-corrected chi connectivity index (χ4v) is 4.49. The van der Waals surface area contributed by atoms with Gasteiger partial charge in [-0.05, 0) is 61.0 Å². The fraction of sp³-hybridized carbons (Fsp3) is 0.259. The number of carbonyl (C=O) groups is 2. The third kappa shape index (κ3) is 7.47. The number of hydrogen-bond donors (Lipinski definition) is 1. The molecule has 0 saturated carbocycles. The van der Waals surface area contributed by atoms with Crippen molar-refractivity contribution in [3.05, 3.63) is 84.4 Å². The quantitative estimate of drug-likeness (QED) is 0.411. The maximum absolute atomic E-state index is 13.5. The van der Waals surface area contributed by atoms with E-state index in [9.17, 15) is 18.0 Å². The smallest absolute Gasteiger partial charge is 0.244 e. The van der Waals surface area contributed by atoms with E-state index in [2.05, 4.69) is 5.32 Å². The first-order chi connectivity index (χ1) is 17.6. The molecule has 3 aromatic carbocycles. The van der Waals surface area contributed by atoms with E-state index >= 15 is 0 Å². The second-order valence-corrected chi connectivity index (χ2v) is 10.2. The molecule has 3 aromatic rings. The van der Waals surface area contributed by atoms with Crippen LogP contribution in [0, 0.1) is 0 Å². The lowest BCUT2D eigenvalue weighted by Crippen LogP contribution is -2.50. The summed E-state index contributed by atoms with van der Waals surface area (Å²) in [6.07, 6.45) is 1.03. The first-order valence-electron chi connectivity index (χ1n) is 11.6. The summed E-state index contributed by atoms with van der Waals surface area (Å²) in [5, 5.41) is 2.55. The van der Waals surface area contributed by atoms with Gasteiger partial charge in [0.25, 0.3) is 0 Å². The van der Waals surface area contributed by atoms with Crippen molar-refractivity contribution in [3.63, 3.8) is 0 Å². The van der Waals surface area contributed by atoms with Crippen molar-refractivity contribution in [2.45, 2.75) is 19.5 Å². The number of methoxy groups -OCH3 is 1. The highest BCUT2D eigenvalue weighted by Crippen LogP contribution is 2.26. The number of rotatable bonds is 11. The number of benzene rings is 3. The normalized spacial score (nSPS) is 11.8. The highest BCUT2D eigenvalue weighted by atomic mass is 32.2. The SMILES string of the molecule is CNC(=O)C(C)N(Cc1ccc(OC)cc1)C(=O)CN(c1ccc(Oc2ccccc2)cc1)S(C)(=O)=O. The van der Waals surface area contributed by atoms with Crippen LogP contribution in [-0.4, -0.2) is 58.1 Å². The lowest BCUT2D eigenvalue weighted by atomic mass is 10.1. The number of anilines is 1. The number of sulfonamides is 1.